The van der Waals surface area contributed by atoms with E-state index in [1.54, 1.807) is 0 Å². The lowest BCUT2D eigenvalue weighted by Crippen LogP contribution is -2.55. The summed E-state index contributed by atoms with van der Waals surface area (Å²) in [4.78, 5) is 25.7. The molecule has 5 aliphatic rings. The van der Waals surface area contributed by atoms with Gasteiger partial charge in [0, 0.05) is 37.9 Å². The van der Waals surface area contributed by atoms with Crippen molar-refractivity contribution in [3.8, 4) is 45.6 Å². The van der Waals surface area contributed by atoms with Gasteiger partial charge in [0.25, 0.3) is 0 Å². The Labute approximate surface area is 340 Å². The largest absolute Gasteiger partial charge is 0.455 e. The molecule has 0 N–H and O–H groups in total. The van der Waals surface area contributed by atoms with Gasteiger partial charge in [-0.05, 0) is 120 Å². The van der Waals surface area contributed by atoms with E-state index in [1.807, 2.05) is 48.5 Å². The van der Waals surface area contributed by atoms with Crippen LogP contribution in [0.25, 0.3) is 100 Å². The molecule has 1 spiro atoms. The Bertz CT molecular complexity index is 3310. The molecule has 0 saturated heterocycles. The lowest BCUT2D eigenvalue weighted by Gasteiger charge is -2.61. The minimum absolute atomic E-state index is 0.0533. The standard InChI is InChI=1S/C53H37N5O/c1-6-14-41-31(9-1)18-21-43(54-41)51-56-50(57-52(58-51)44-22-19-32-10-2-7-15-42(32)55-44)33-17-20-40-39(28-33)46-47-38-13-5-8-16-45(38)59-49(47)37-12-4-3-11-36(37)48(46)53(40)34-24-29-23-30(26-34)27-35(53)25-29/h1-22,28-30,34-35H,23-27H2. The van der Waals surface area contributed by atoms with Gasteiger partial charge in [0.2, 0.25) is 0 Å². The summed E-state index contributed by atoms with van der Waals surface area (Å²) in [7, 11) is 0. The van der Waals surface area contributed by atoms with Crippen molar-refractivity contribution in [3.63, 3.8) is 0 Å². The van der Waals surface area contributed by atoms with Gasteiger partial charge < -0.3 is 4.42 Å². The van der Waals surface area contributed by atoms with Crippen molar-refractivity contribution in [1.29, 1.82) is 0 Å². The Kier molecular flexibility index (Phi) is 6.37. The number of fused-ring (bicyclic) bond motifs is 12. The molecule has 0 aliphatic heterocycles. The number of hydrogen-bond acceptors (Lipinski definition) is 6. The van der Waals surface area contributed by atoms with Crippen LogP contribution in [0.2, 0.25) is 0 Å². The molecule has 0 atom stereocenters. The predicted octanol–water partition coefficient (Wildman–Crippen LogP) is 12.7. The first-order chi connectivity index (χ1) is 29.2. The third kappa shape index (κ3) is 4.38. The SMILES string of the molecule is c1ccc2nc(-c3nc(-c4ccc5c(c4)-c4c(c6ccccc6c6oc7ccccc7c46)C54C5CC6CC(C5)CC4C6)nc(-c4ccc5ccccc5n4)n3)ccc2c1. The van der Waals surface area contributed by atoms with Crippen LogP contribution in [-0.2, 0) is 5.41 Å². The summed E-state index contributed by atoms with van der Waals surface area (Å²) in [6, 6.07) is 49.4. The smallest absolute Gasteiger partial charge is 0.182 e. The fourth-order valence-electron chi connectivity index (χ4n) is 12.6. The number of pyridine rings is 2. The first-order valence-corrected chi connectivity index (χ1v) is 21.2. The first kappa shape index (κ1) is 32.2. The molecule has 0 radical (unpaired) electrons. The first-order valence-electron chi connectivity index (χ1n) is 21.2. The van der Waals surface area contributed by atoms with Gasteiger partial charge in [-0.25, -0.2) is 24.9 Å². The normalized spacial score (nSPS) is 22.6. The summed E-state index contributed by atoms with van der Waals surface area (Å²) < 4.78 is 6.86. The summed E-state index contributed by atoms with van der Waals surface area (Å²) >= 11 is 0. The molecule has 4 bridgehead atoms. The van der Waals surface area contributed by atoms with Crippen molar-refractivity contribution >= 4 is 54.5 Å². The van der Waals surface area contributed by atoms with Crippen molar-refractivity contribution in [1.82, 2.24) is 24.9 Å². The molecule has 4 saturated carbocycles. The van der Waals surface area contributed by atoms with E-state index >= 15 is 0 Å². The third-order valence-electron chi connectivity index (χ3n) is 14.7. The van der Waals surface area contributed by atoms with Crippen LogP contribution in [0.4, 0.5) is 0 Å². The quantitative estimate of drug-likeness (QED) is 0.178. The number of para-hydroxylation sites is 3. The molecule has 0 amide bonds. The average molecular weight is 760 g/mol. The van der Waals surface area contributed by atoms with Crippen LogP contribution in [0.1, 0.15) is 43.2 Å². The molecule has 4 heterocycles. The van der Waals surface area contributed by atoms with Crippen molar-refractivity contribution in [2.24, 2.45) is 23.7 Å². The zero-order valence-corrected chi connectivity index (χ0v) is 32.3. The van der Waals surface area contributed by atoms with Crippen molar-refractivity contribution in [2.75, 3.05) is 0 Å². The van der Waals surface area contributed by atoms with Crippen LogP contribution in [0.5, 0.6) is 0 Å². The van der Waals surface area contributed by atoms with E-state index in [0.717, 1.165) is 50.4 Å². The second kappa shape index (κ2) is 11.7. The average Bonchev–Trinajstić information content (AvgIpc) is 3.82. The molecule has 6 aromatic carbocycles. The van der Waals surface area contributed by atoms with Crippen molar-refractivity contribution in [2.45, 2.75) is 37.5 Å². The number of nitrogens with zero attached hydrogens (tertiary/aromatic N) is 5. The molecule has 6 nitrogen and oxygen atoms in total. The number of hydrogen-bond donors (Lipinski definition) is 0. The van der Waals surface area contributed by atoms with Crippen LogP contribution in [0, 0.1) is 23.7 Å². The van der Waals surface area contributed by atoms with E-state index in [4.69, 9.17) is 29.3 Å². The molecule has 59 heavy (non-hydrogen) atoms. The highest BCUT2D eigenvalue weighted by Crippen LogP contribution is 2.71. The maximum atomic E-state index is 6.86. The van der Waals surface area contributed by atoms with Crippen LogP contribution >= 0.6 is 0 Å². The number of benzene rings is 6. The molecule has 4 fully saturated rings. The van der Waals surface area contributed by atoms with Crippen molar-refractivity contribution in [3.05, 3.63) is 151 Å². The molecular formula is C53H37N5O. The Morgan fingerprint density at radius 1 is 0.492 bits per heavy atom. The van der Waals surface area contributed by atoms with Gasteiger partial charge in [0.15, 0.2) is 17.5 Å². The lowest BCUT2D eigenvalue weighted by molar-refractivity contribution is -0.0393. The second-order valence-corrected chi connectivity index (χ2v) is 17.6. The minimum Gasteiger partial charge on any atom is -0.455 e. The molecule has 5 aliphatic carbocycles. The maximum Gasteiger partial charge on any atom is 0.182 e. The van der Waals surface area contributed by atoms with Gasteiger partial charge in [-0.1, -0.05) is 103 Å². The lowest BCUT2D eigenvalue weighted by atomic mass is 9.43. The summed E-state index contributed by atoms with van der Waals surface area (Å²) in [6.45, 7) is 0. The highest BCUT2D eigenvalue weighted by molar-refractivity contribution is 6.24. The van der Waals surface area contributed by atoms with Crippen LogP contribution in [-0.4, -0.2) is 24.9 Å². The van der Waals surface area contributed by atoms with Gasteiger partial charge in [0.1, 0.15) is 22.6 Å². The summed E-state index contributed by atoms with van der Waals surface area (Å²) in [5.74, 6) is 4.56. The van der Waals surface area contributed by atoms with E-state index in [2.05, 4.69) is 91.0 Å². The molecule has 15 rings (SSSR count). The fraction of sp³-hybridized carbons (Fsp3) is 0.189. The molecule has 6 heteroatoms. The van der Waals surface area contributed by atoms with Gasteiger partial charge >= 0.3 is 0 Å². The zero-order valence-electron chi connectivity index (χ0n) is 32.3. The zero-order chi connectivity index (χ0) is 38.4. The highest BCUT2D eigenvalue weighted by Gasteiger charge is 2.62. The molecule has 4 aromatic heterocycles. The monoisotopic (exact) mass is 759 g/mol. The Hall–Kier alpha value is -6.79. The summed E-state index contributed by atoms with van der Waals surface area (Å²) in [5.41, 5.74) is 11.7. The highest BCUT2D eigenvalue weighted by atomic mass is 16.3. The van der Waals surface area contributed by atoms with Crippen LogP contribution in [0.3, 0.4) is 0 Å². The molecule has 0 unspecified atom stereocenters. The maximum absolute atomic E-state index is 6.86. The number of aromatic nitrogens is 5. The van der Waals surface area contributed by atoms with E-state index < -0.39 is 0 Å². The number of rotatable bonds is 3. The van der Waals surface area contributed by atoms with E-state index in [0.29, 0.717) is 40.7 Å². The third-order valence-corrected chi connectivity index (χ3v) is 14.7. The van der Waals surface area contributed by atoms with Gasteiger partial charge in [-0.15, -0.1) is 0 Å². The molecule has 10 aromatic rings. The van der Waals surface area contributed by atoms with Crippen LogP contribution in [0.15, 0.2) is 144 Å². The Morgan fingerprint density at radius 2 is 1.07 bits per heavy atom. The van der Waals surface area contributed by atoms with Gasteiger partial charge in [0.05, 0.1) is 11.0 Å². The Balaban J connectivity index is 1.05. The second-order valence-electron chi connectivity index (χ2n) is 17.6. The van der Waals surface area contributed by atoms with Gasteiger partial charge in [-0.2, -0.15) is 0 Å². The summed E-state index contributed by atoms with van der Waals surface area (Å²) in [6.07, 6.45) is 6.65. The van der Waals surface area contributed by atoms with Gasteiger partial charge in [-0.3, -0.25) is 0 Å². The topological polar surface area (TPSA) is 77.6 Å². The van der Waals surface area contributed by atoms with E-state index in [-0.39, 0.29) is 5.41 Å². The Morgan fingerprint density at radius 3 is 1.75 bits per heavy atom. The van der Waals surface area contributed by atoms with E-state index in [9.17, 15) is 0 Å². The van der Waals surface area contributed by atoms with Crippen molar-refractivity contribution < 1.29 is 4.42 Å². The van der Waals surface area contributed by atoms with Crippen LogP contribution < -0.4 is 0 Å². The fourth-order valence-corrected chi connectivity index (χ4v) is 12.6. The number of furan rings is 1. The minimum atomic E-state index is -0.0533. The molecule has 280 valence electrons. The van der Waals surface area contributed by atoms with E-state index in [1.165, 1.54) is 75.9 Å². The molecular weight excluding hydrogens is 723 g/mol. The predicted molar refractivity (Wildman–Crippen MR) is 235 cm³/mol. The summed E-state index contributed by atoms with van der Waals surface area (Å²) in [5, 5.41) is 7.12.